The van der Waals surface area contributed by atoms with E-state index < -0.39 is 0 Å². The number of hydrogen-bond acceptors (Lipinski definition) is 2. The van der Waals surface area contributed by atoms with Gasteiger partial charge in [0.05, 0.1) is 6.10 Å². The molecule has 0 aliphatic rings. The molecule has 0 aliphatic carbocycles. The van der Waals surface area contributed by atoms with Crippen molar-refractivity contribution < 1.29 is 5.11 Å². The molecule has 0 saturated carbocycles. The molecule has 0 fully saturated rings. The molecule has 0 saturated heterocycles. The van der Waals surface area contributed by atoms with E-state index in [4.69, 9.17) is 0 Å². The fourth-order valence-electron chi connectivity index (χ4n) is 0.839. The quantitative estimate of drug-likeness (QED) is 0.842. The summed E-state index contributed by atoms with van der Waals surface area (Å²) in [4.78, 5) is 1.18. The van der Waals surface area contributed by atoms with Gasteiger partial charge in [-0.05, 0) is 35.0 Å². The lowest BCUT2D eigenvalue weighted by atomic mass is 10.3. The Morgan fingerprint density at radius 3 is 2.46 bits per heavy atom. The van der Waals surface area contributed by atoms with Gasteiger partial charge in [-0.3, -0.25) is 0 Å². The minimum absolute atomic E-state index is 0.221. The summed E-state index contributed by atoms with van der Waals surface area (Å²) < 4.78 is 1.09. The van der Waals surface area contributed by atoms with Crippen LogP contribution in [0.1, 0.15) is 13.8 Å². The Labute approximate surface area is 91.7 Å². The SMILES string of the molecule is CC(O)C(C)Sc1ccccc1Br. The lowest BCUT2D eigenvalue weighted by molar-refractivity contribution is 0.196. The number of aliphatic hydroxyl groups excluding tert-OH is 1. The van der Waals surface area contributed by atoms with Crippen LogP contribution in [0.25, 0.3) is 0 Å². The van der Waals surface area contributed by atoms with Gasteiger partial charge < -0.3 is 5.11 Å². The second-order valence-electron chi connectivity index (χ2n) is 2.99. The highest BCUT2D eigenvalue weighted by atomic mass is 79.9. The summed E-state index contributed by atoms with van der Waals surface area (Å²) in [7, 11) is 0. The van der Waals surface area contributed by atoms with Gasteiger partial charge in [0.1, 0.15) is 0 Å². The third-order valence-electron chi connectivity index (χ3n) is 1.83. The molecule has 0 spiro atoms. The molecule has 1 aromatic rings. The molecule has 1 N–H and O–H groups in total. The zero-order valence-corrected chi connectivity index (χ0v) is 10.1. The van der Waals surface area contributed by atoms with Crippen LogP contribution in [0.4, 0.5) is 0 Å². The fourth-order valence-corrected chi connectivity index (χ4v) is 2.34. The Balaban J connectivity index is 2.69. The van der Waals surface area contributed by atoms with E-state index in [2.05, 4.69) is 15.9 Å². The van der Waals surface area contributed by atoms with Crippen molar-refractivity contribution >= 4 is 27.7 Å². The number of benzene rings is 1. The van der Waals surface area contributed by atoms with Gasteiger partial charge in [-0.2, -0.15) is 0 Å². The molecular weight excluding hydrogens is 248 g/mol. The first-order valence-electron chi connectivity index (χ1n) is 4.20. The molecule has 2 unspecified atom stereocenters. The Morgan fingerprint density at radius 1 is 1.31 bits per heavy atom. The Hall–Kier alpha value is 0.01000. The van der Waals surface area contributed by atoms with Crippen LogP contribution < -0.4 is 0 Å². The predicted molar refractivity (Wildman–Crippen MR) is 61.1 cm³/mol. The van der Waals surface area contributed by atoms with E-state index in [-0.39, 0.29) is 11.4 Å². The van der Waals surface area contributed by atoms with E-state index in [1.807, 2.05) is 38.1 Å². The predicted octanol–water partition coefficient (Wildman–Crippen LogP) is 3.31. The highest BCUT2D eigenvalue weighted by Crippen LogP contribution is 2.31. The maximum Gasteiger partial charge on any atom is 0.0631 e. The van der Waals surface area contributed by atoms with Crippen molar-refractivity contribution in [3.63, 3.8) is 0 Å². The van der Waals surface area contributed by atoms with E-state index in [0.717, 1.165) is 4.47 Å². The van der Waals surface area contributed by atoms with Crippen molar-refractivity contribution in [3.8, 4) is 0 Å². The standard InChI is InChI=1S/C10H13BrOS/c1-7(12)8(2)13-10-6-4-3-5-9(10)11/h3-8,12H,1-2H3. The molecule has 0 amide bonds. The highest BCUT2D eigenvalue weighted by molar-refractivity contribution is 9.10. The second-order valence-corrected chi connectivity index (χ2v) is 5.27. The molecule has 2 atom stereocenters. The molecule has 0 heterocycles. The molecule has 1 nitrogen and oxygen atoms in total. The summed E-state index contributed by atoms with van der Waals surface area (Å²) >= 11 is 5.15. The van der Waals surface area contributed by atoms with Crippen LogP contribution in [-0.4, -0.2) is 16.5 Å². The molecule has 3 heteroatoms. The van der Waals surface area contributed by atoms with E-state index in [1.165, 1.54) is 4.90 Å². The second kappa shape index (κ2) is 5.03. The summed E-state index contributed by atoms with van der Waals surface area (Å²) in [5.74, 6) is 0. The summed E-state index contributed by atoms with van der Waals surface area (Å²) in [6, 6.07) is 8.05. The number of thioether (sulfide) groups is 1. The molecule has 72 valence electrons. The number of rotatable bonds is 3. The summed E-state index contributed by atoms with van der Waals surface area (Å²) in [5, 5.41) is 9.56. The molecule has 0 radical (unpaired) electrons. The molecule has 0 aromatic heterocycles. The molecule has 1 rings (SSSR count). The third kappa shape index (κ3) is 3.33. The molecule has 1 aromatic carbocycles. The van der Waals surface area contributed by atoms with Crippen LogP contribution in [0.3, 0.4) is 0 Å². The van der Waals surface area contributed by atoms with Gasteiger partial charge in [0, 0.05) is 14.6 Å². The first kappa shape index (κ1) is 11.1. The van der Waals surface area contributed by atoms with Crippen molar-refractivity contribution in [1.82, 2.24) is 0 Å². The van der Waals surface area contributed by atoms with Crippen molar-refractivity contribution in [2.75, 3.05) is 0 Å². The van der Waals surface area contributed by atoms with Gasteiger partial charge in [-0.25, -0.2) is 0 Å². The highest BCUT2D eigenvalue weighted by Gasteiger charge is 2.11. The summed E-state index contributed by atoms with van der Waals surface area (Å²) in [6.45, 7) is 3.84. The lowest BCUT2D eigenvalue weighted by Gasteiger charge is -2.14. The van der Waals surface area contributed by atoms with Gasteiger partial charge in [-0.1, -0.05) is 19.1 Å². The van der Waals surface area contributed by atoms with Gasteiger partial charge in [-0.15, -0.1) is 11.8 Å². The normalized spacial score (nSPS) is 15.4. The number of aliphatic hydroxyl groups is 1. The zero-order valence-electron chi connectivity index (χ0n) is 7.70. The zero-order chi connectivity index (χ0) is 9.84. The number of hydrogen-bond donors (Lipinski definition) is 1. The monoisotopic (exact) mass is 260 g/mol. The van der Waals surface area contributed by atoms with Gasteiger partial charge in [0.2, 0.25) is 0 Å². The molecule has 0 aliphatic heterocycles. The van der Waals surface area contributed by atoms with Gasteiger partial charge in [0.15, 0.2) is 0 Å². The minimum Gasteiger partial charge on any atom is -0.392 e. The van der Waals surface area contributed by atoms with E-state index in [0.29, 0.717) is 0 Å². The van der Waals surface area contributed by atoms with E-state index in [1.54, 1.807) is 11.8 Å². The molecule has 13 heavy (non-hydrogen) atoms. The van der Waals surface area contributed by atoms with Gasteiger partial charge in [0.25, 0.3) is 0 Å². The van der Waals surface area contributed by atoms with Crippen LogP contribution in [0.15, 0.2) is 33.6 Å². The molecule has 0 bridgehead atoms. The smallest absolute Gasteiger partial charge is 0.0631 e. The average Bonchev–Trinajstić information content (AvgIpc) is 2.08. The topological polar surface area (TPSA) is 20.2 Å². The van der Waals surface area contributed by atoms with Crippen LogP contribution in [0.2, 0.25) is 0 Å². The maximum absolute atomic E-state index is 9.34. The Kier molecular flexibility index (Phi) is 4.29. The maximum atomic E-state index is 9.34. The van der Waals surface area contributed by atoms with E-state index >= 15 is 0 Å². The summed E-state index contributed by atoms with van der Waals surface area (Å²) in [5.41, 5.74) is 0. The van der Waals surface area contributed by atoms with Crippen LogP contribution in [0, 0.1) is 0 Å². The third-order valence-corrected chi connectivity index (χ3v) is 4.16. The van der Waals surface area contributed by atoms with Crippen molar-refractivity contribution in [2.24, 2.45) is 0 Å². The van der Waals surface area contributed by atoms with Crippen molar-refractivity contribution in [2.45, 2.75) is 30.1 Å². The first-order valence-corrected chi connectivity index (χ1v) is 5.88. The van der Waals surface area contributed by atoms with Crippen molar-refractivity contribution in [1.29, 1.82) is 0 Å². The van der Waals surface area contributed by atoms with Crippen LogP contribution in [-0.2, 0) is 0 Å². The van der Waals surface area contributed by atoms with Crippen LogP contribution in [0.5, 0.6) is 0 Å². The average molecular weight is 261 g/mol. The van der Waals surface area contributed by atoms with Gasteiger partial charge >= 0.3 is 0 Å². The number of halogens is 1. The van der Waals surface area contributed by atoms with Crippen LogP contribution >= 0.6 is 27.7 Å². The first-order chi connectivity index (χ1) is 6.11. The molecular formula is C10H13BrOS. The minimum atomic E-state index is -0.280. The Morgan fingerprint density at radius 2 is 1.92 bits per heavy atom. The largest absolute Gasteiger partial charge is 0.392 e. The lowest BCUT2D eigenvalue weighted by Crippen LogP contribution is -2.14. The summed E-state index contributed by atoms with van der Waals surface area (Å²) in [6.07, 6.45) is -0.280. The fraction of sp³-hybridized carbons (Fsp3) is 0.400. The van der Waals surface area contributed by atoms with Crippen molar-refractivity contribution in [3.05, 3.63) is 28.7 Å². The van der Waals surface area contributed by atoms with E-state index in [9.17, 15) is 5.11 Å². The Bertz CT molecular complexity index is 275.